The molecule has 0 aliphatic rings. The maximum absolute atomic E-state index is 12.3. The van der Waals surface area contributed by atoms with Crippen LogP contribution in [0.3, 0.4) is 0 Å². The summed E-state index contributed by atoms with van der Waals surface area (Å²) in [6.07, 6.45) is 1.34. The number of ether oxygens (including phenoxy) is 1. The lowest BCUT2D eigenvalue weighted by Crippen LogP contribution is -2.42. The molecule has 116 valence electrons. The zero-order valence-electron chi connectivity index (χ0n) is 11.4. The van der Waals surface area contributed by atoms with Crippen molar-refractivity contribution in [1.82, 2.24) is 5.32 Å². The largest absolute Gasteiger partial charge is 0.494 e. The highest BCUT2D eigenvalue weighted by atomic mass is 79.9. The van der Waals surface area contributed by atoms with Crippen LogP contribution < -0.4 is 10.1 Å². The van der Waals surface area contributed by atoms with E-state index in [0.29, 0.717) is 19.4 Å². The minimum Gasteiger partial charge on any atom is -0.494 e. The van der Waals surface area contributed by atoms with Gasteiger partial charge < -0.3 is 15.2 Å². The lowest BCUT2D eigenvalue weighted by atomic mass is 10.2. The average molecular weight is 362 g/mol. The summed E-state index contributed by atoms with van der Waals surface area (Å²) in [5.41, 5.74) is 0. The number of carboxylic acid groups (broad SMARTS) is 1. The first-order chi connectivity index (χ1) is 10.0. The molecule has 0 heterocycles. The first kappa shape index (κ1) is 17.4. The number of carbonyl (C=O) groups is 2. The second-order valence-corrected chi connectivity index (χ2v) is 5.29. The van der Waals surface area contributed by atoms with Gasteiger partial charge in [-0.3, -0.25) is 4.79 Å². The third kappa shape index (κ3) is 7.08. The first-order valence-corrected chi connectivity index (χ1v) is 7.28. The molecule has 1 aromatic rings. The minimum absolute atomic E-state index is 0.146. The van der Waals surface area contributed by atoms with Gasteiger partial charge in [-0.25, -0.2) is 9.18 Å². The van der Waals surface area contributed by atoms with E-state index in [2.05, 4.69) is 21.2 Å². The molecule has 1 aromatic carbocycles. The molecule has 0 aliphatic heterocycles. The van der Waals surface area contributed by atoms with Crippen LogP contribution in [0.4, 0.5) is 4.39 Å². The van der Waals surface area contributed by atoms with Gasteiger partial charge in [0.05, 0.1) is 6.61 Å². The predicted octanol–water partition coefficient (Wildman–Crippen LogP) is 2.54. The van der Waals surface area contributed by atoms with Gasteiger partial charge in [0, 0.05) is 10.9 Å². The van der Waals surface area contributed by atoms with Crippen molar-refractivity contribution in [3.8, 4) is 5.75 Å². The molecule has 0 aliphatic carbocycles. The van der Waals surface area contributed by atoms with E-state index in [1.807, 2.05) is 24.3 Å². The van der Waals surface area contributed by atoms with E-state index in [1.54, 1.807) is 0 Å². The van der Waals surface area contributed by atoms with Crippen molar-refractivity contribution >= 4 is 27.8 Å². The Hall–Kier alpha value is -1.63. The van der Waals surface area contributed by atoms with E-state index in [9.17, 15) is 14.0 Å². The number of benzene rings is 1. The van der Waals surface area contributed by atoms with Gasteiger partial charge in [-0.15, -0.1) is 0 Å². The number of rotatable bonds is 9. The molecule has 0 saturated heterocycles. The fourth-order valence-electron chi connectivity index (χ4n) is 1.54. The lowest BCUT2D eigenvalue weighted by molar-refractivity contribution is -0.142. The van der Waals surface area contributed by atoms with Gasteiger partial charge in [-0.05, 0) is 37.1 Å². The zero-order chi connectivity index (χ0) is 15.7. The Balaban J connectivity index is 2.14. The van der Waals surface area contributed by atoms with Crippen molar-refractivity contribution in [1.29, 1.82) is 0 Å². The number of halogens is 2. The van der Waals surface area contributed by atoms with Crippen molar-refractivity contribution < 1.29 is 23.8 Å². The number of hydrogen-bond acceptors (Lipinski definition) is 3. The molecule has 0 saturated carbocycles. The summed E-state index contributed by atoms with van der Waals surface area (Å²) in [5.74, 6) is -1.10. The molecule has 0 spiro atoms. The summed E-state index contributed by atoms with van der Waals surface area (Å²) < 4.78 is 18.8. The second kappa shape index (κ2) is 9.33. The molecule has 5 nitrogen and oxygen atoms in total. The van der Waals surface area contributed by atoms with Crippen LogP contribution in [0, 0.1) is 0 Å². The van der Waals surface area contributed by atoms with Crippen LogP contribution in [0.25, 0.3) is 0 Å². The normalized spacial score (nSPS) is 11.7. The highest BCUT2D eigenvalue weighted by molar-refractivity contribution is 9.10. The van der Waals surface area contributed by atoms with Gasteiger partial charge >= 0.3 is 5.97 Å². The summed E-state index contributed by atoms with van der Waals surface area (Å²) >= 11 is 3.32. The van der Waals surface area contributed by atoms with Gasteiger partial charge in [0.25, 0.3) is 0 Å². The molecular weight excluding hydrogens is 345 g/mol. The lowest BCUT2D eigenvalue weighted by Gasteiger charge is -2.10. The van der Waals surface area contributed by atoms with E-state index < -0.39 is 24.6 Å². The monoisotopic (exact) mass is 361 g/mol. The molecular formula is C14H17BrFNO4. The molecule has 1 rings (SSSR count). The Bertz CT molecular complexity index is 467. The molecule has 1 atom stereocenters. The Morgan fingerprint density at radius 3 is 2.52 bits per heavy atom. The Kier molecular flexibility index (Phi) is 7.74. The zero-order valence-corrected chi connectivity index (χ0v) is 12.9. The number of carbonyl (C=O) groups excluding carboxylic acids is 1. The molecule has 2 N–H and O–H groups in total. The summed E-state index contributed by atoms with van der Waals surface area (Å²) in [7, 11) is 0. The van der Waals surface area contributed by atoms with Crippen LogP contribution in [0.5, 0.6) is 5.75 Å². The number of nitrogens with one attached hydrogen (secondary N) is 1. The Morgan fingerprint density at radius 2 is 1.95 bits per heavy atom. The number of unbranched alkanes of at least 4 members (excludes halogenated alkanes) is 1. The molecule has 0 bridgehead atoms. The van der Waals surface area contributed by atoms with Crippen molar-refractivity contribution in [2.75, 3.05) is 13.3 Å². The summed E-state index contributed by atoms with van der Waals surface area (Å²) in [6, 6.07) is 5.93. The topological polar surface area (TPSA) is 75.6 Å². The molecule has 1 amide bonds. The summed E-state index contributed by atoms with van der Waals surface area (Å²) in [6.45, 7) is -0.659. The number of alkyl halides is 1. The van der Waals surface area contributed by atoms with Crippen LogP contribution in [0.2, 0.25) is 0 Å². The van der Waals surface area contributed by atoms with E-state index in [0.717, 1.165) is 10.2 Å². The van der Waals surface area contributed by atoms with Crippen LogP contribution in [0.1, 0.15) is 19.3 Å². The Labute approximate surface area is 130 Å². The SMILES string of the molecule is O=C(CCCCOc1ccc(Br)cc1)NC(CF)C(=O)O. The van der Waals surface area contributed by atoms with Crippen LogP contribution in [-0.2, 0) is 9.59 Å². The van der Waals surface area contributed by atoms with E-state index >= 15 is 0 Å². The molecule has 21 heavy (non-hydrogen) atoms. The smallest absolute Gasteiger partial charge is 0.328 e. The molecule has 0 radical (unpaired) electrons. The second-order valence-electron chi connectivity index (χ2n) is 4.37. The van der Waals surface area contributed by atoms with Crippen molar-refractivity contribution in [2.45, 2.75) is 25.3 Å². The van der Waals surface area contributed by atoms with E-state index in [-0.39, 0.29) is 6.42 Å². The number of aliphatic carboxylic acids is 1. The standard InChI is InChI=1S/C14H17BrFNO4/c15-10-4-6-11(7-5-10)21-8-2-1-3-13(18)17-12(9-16)14(19)20/h4-7,12H,1-3,8-9H2,(H,17,18)(H,19,20). The fraction of sp³-hybridized carbons (Fsp3) is 0.429. The van der Waals surface area contributed by atoms with Gasteiger partial charge in [-0.1, -0.05) is 15.9 Å². The maximum atomic E-state index is 12.3. The van der Waals surface area contributed by atoms with Gasteiger partial charge in [0.15, 0.2) is 6.04 Å². The molecule has 0 fully saturated rings. The number of hydrogen-bond donors (Lipinski definition) is 2. The van der Waals surface area contributed by atoms with E-state index in [4.69, 9.17) is 9.84 Å². The highest BCUT2D eigenvalue weighted by Crippen LogP contribution is 2.16. The van der Waals surface area contributed by atoms with Crippen molar-refractivity contribution in [3.63, 3.8) is 0 Å². The maximum Gasteiger partial charge on any atom is 0.328 e. The van der Waals surface area contributed by atoms with Crippen molar-refractivity contribution in [3.05, 3.63) is 28.7 Å². The minimum atomic E-state index is -1.46. The third-order valence-electron chi connectivity index (χ3n) is 2.67. The van der Waals surface area contributed by atoms with Gasteiger partial charge in [0.1, 0.15) is 12.4 Å². The highest BCUT2D eigenvalue weighted by Gasteiger charge is 2.18. The van der Waals surface area contributed by atoms with Crippen LogP contribution in [0.15, 0.2) is 28.7 Å². The van der Waals surface area contributed by atoms with Crippen LogP contribution >= 0.6 is 15.9 Å². The summed E-state index contributed by atoms with van der Waals surface area (Å²) in [4.78, 5) is 21.9. The number of amides is 1. The third-order valence-corrected chi connectivity index (χ3v) is 3.20. The quantitative estimate of drug-likeness (QED) is 0.662. The molecule has 7 heteroatoms. The Morgan fingerprint density at radius 1 is 1.29 bits per heavy atom. The van der Waals surface area contributed by atoms with Crippen molar-refractivity contribution in [2.24, 2.45) is 0 Å². The van der Waals surface area contributed by atoms with Gasteiger partial charge in [0.2, 0.25) is 5.91 Å². The fourth-order valence-corrected chi connectivity index (χ4v) is 1.81. The van der Waals surface area contributed by atoms with E-state index in [1.165, 1.54) is 0 Å². The predicted molar refractivity (Wildman–Crippen MR) is 79.0 cm³/mol. The molecule has 1 unspecified atom stereocenters. The summed E-state index contributed by atoms with van der Waals surface area (Å²) in [5, 5.41) is 10.7. The van der Waals surface area contributed by atoms with Crippen LogP contribution in [-0.4, -0.2) is 36.3 Å². The van der Waals surface area contributed by atoms with Gasteiger partial charge in [-0.2, -0.15) is 0 Å². The first-order valence-electron chi connectivity index (χ1n) is 6.49. The molecule has 0 aromatic heterocycles. The number of carboxylic acids is 1. The average Bonchev–Trinajstić information content (AvgIpc) is 2.46.